The third-order valence-corrected chi connectivity index (χ3v) is 5.42. The first-order chi connectivity index (χ1) is 13.7. The predicted octanol–water partition coefficient (Wildman–Crippen LogP) is 2.65. The van der Waals surface area contributed by atoms with Crippen LogP contribution in [0.25, 0.3) is 6.08 Å². The molecule has 1 amide bonds. The van der Waals surface area contributed by atoms with Gasteiger partial charge in [-0.1, -0.05) is 48.0 Å². The summed E-state index contributed by atoms with van der Waals surface area (Å²) in [6.45, 7) is 3.51. The Balaban J connectivity index is 1.29. The molecule has 0 saturated carbocycles. The number of rotatable bonds is 5. The normalized spacial score (nSPS) is 21.1. The van der Waals surface area contributed by atoms with Gasteiger partial charge in [-0.15, -0.1) is 0 Å². The standard InChI is InChI=1S/C23H23ClN2O2/c24-20-7-8-22-19(13-20)12-18(16-28-22)6-9-23(27)25-21-10-11-26(15-21)14-17-4-2-1-3-5-17/h1-9,12-13,21H,10-11,14-16H2,(H,25,27)/p+1/b9-6+/t21-/m1/s1. The maximum absolute atomic E-state index is 12.3. The van der Waals surface area contributed by atoms with E-state index in [0.29, 0.717) is 11.6 Å². The first-order valence-corrected chi connectivity index (χ1v) is 10.0. The van der Waals surface area contributed by atoms with Crippen LogP contribution >= 0.6 is 11.6 Å². The van der Waals surface area contributed by atoms with Crippen molar-refractivity contribution < 1.29 is 14.4 Å². The highest BCUT2D eigenvalue weighted by Crippen LogP contribution is 2.29. The van der Waals surface area contributed by atoms with Crippen LogP contribution in [0.5, 0.6) is 5.75 Å². The second-order valence-electron chi connectivity index (χ2n) is 7.38. The summed E-state index contributed by atoms with van der Waals surface area (Å²) in [5.74, 6) is 0.766. The number of fused-ring (bicyclic) bond motifs is 1. The van der Waals surface area contributed by atoms with E-state index in [-0.39, 0.29) is 11.9 Å². The van der Waals surface area contributed by atoms with Crippen molar-refractivity contribution in [1.82, 2.24) is 5.32 Å². The van der Waals surface area contributed by atoms with Gasteiger partial charge in [0.25, 0.3) is 0 Å². The van der Waals surface area contributed by atoms with Gasteiger partial charge in [0.15, 0.2) is 0 Å². The Kier molecular flexibility index (Phi) is 5.79. The molecule has 4 rings (SSSR count). The third-order valence-electron chi connectivity index (χ3n) is 5.18. The van der Waals surface area contributed by atoms with Gasteiger partial charge in [-0.3, -0.25) is 4.79 Å². The fourth-order valence-electron chi connectivity index (χ4n) is 3.79. The molecule has 4 nitrogen and oxygen atoms in total. The number of amides is 1. The molecule has 144 valence electrons. The fourth-order valence-corrected chi connectivity index (χ4v) is 3.97. The number of nitrogens with one attached hydrogen (secondary N) is 2. The molecule has 0 bridgehead atoms. The Morgan fingerprint density at radius 3 is 2.96 bits per heavy atom. The van der Waals surface area contributed by atoms with Crippen molar-refractivity contribution in [3.05, 3.63) is 82.4 Å². The summed E-state index contributed by atoms with van der Waals surface area (Å²) in [6, 6.07) is 16.3. The summed E-state index contributed by atoms with van der Waals surface area (Å²) < 4.78 is 5.71. The molecule has 2 N–H and O–H groups in total. The van der Waals surface area contributed by atoms with E-state index in [1.54, 1.807) is 6.08 Å². The molecule has 1 saturated heterocycles. The smallest absolute Gasteiger partial charge is 0.244 e. The van der Waals surface area contributed by atoms with E-state index in [2.05, 4.69) is 29.6 Å². The molecule has 2 aromatic rings. The van der Waals surface area contributed by atoms with Crippen molar-refractivity contribution in [2.24, 2.45) is 0 Å². The Morgan fingerprint density at radius 1 is 1.25 bits per heavy atom. The minimum atomic E-state index is -0.0521. The van der Waals surface area contributed by atoms with Gasteiger partial charge in [-0.05, 0) is 29.8 Å². The molecule has 1 fully saturated rings. The van der Waals surface area contributed by atoms with Crippen molar-refractivity contribution in [2.45, 2.75) is 19.0 Å². The van der Waals surface area contributed by atoms with E-state index < -0.39 is 0 Å². The van der Waals surface area contributed by atoms with Crippen LogP contribution in [0.15, 0.2) is 66.3 Å². The zero-order valence-corrected chi connectivity index (χ0v) is 16.4. The van der Waals surface area contributed by atoms with Gasteiger partial charge in [-0.2, -0.15) is 0 Å². The van der Waals surface area contributed by atoms with Crippen LogP contribution in [-0.4, -0.2) is 31.6 Å². The highest BCUT2D eigenvalue weighted by Gasteiger charge is 2.26. The van der Waals surface area contributed by atoms with Crippen molar-refractivity contribution in [3.63, 3.8) is 0 Å². The summed E-state index contributed by atoms with van der Waals surface area (Å²) in [7, 11) is 0. The summed E-state index contributed by atoms with van der Waals surface area (Å²) in [6.07, 6.45) is 6.44. The topological polar surface area (TPSA) is 42.8 Å². The van der Waals surface area contributed by atoms with Gasteiger partial charge in [0.1, 0.15) is 18.9 Å². The lowest BCUT2D eigenvalue weighted by Gasteiger charge is -2.16. The number of hydrogen-bond donors (Lipinski definition) is 2. The second kappa shape index (κ2) is 8.63. The Morgan fingerprint density at radius 2 is 2.11 bits per heavy atom. The number of halogens is 1. The number of likely N-dealkylation sites (tertiary alicyclic amines) is 1. The number of carbonyl (C=O) groups excluding carboxylic acids is 1. The predicted molar refractivity (Wildman–Crippen MR) is 111 cm³/mol. The van der Waals surface area contributed by atoms with Gasteiger partial charge in [0.2, 0.25) is 5.91 Å². The van der Waals surface area contributed by atoms with Crippen LogP contribution in [0.2, 0.25) is 5.02 Å². The number of carbonyl (C=O) groups is 1. The zero-order valence-electron chi connectivity index (χ0n) is 15.7. The SMILES string of the molecule is O=C(/C=C/C1=Cc2cc(Cl)ccc2OC1)N[C@@H]1CC[NH+](Cc2ccccc2)C1. The Bertz CT molecular complexity index is 908. The number of hydrogen-bond acceptors (Lipinski definition) is 2. The van der Waals surface area contributed by atoms with Crippen LogP contribution < -0.4 is 15.0 Å². The largest absolute Gasteiger partial charge is 0.488 e. The minimum Gasteiger partial charge on any atom is -0.488 e. The number of benzene rings is 2. The lowest BCUT2D eigenvalue weighted by molar-refractivity contribution is -0.901. The van der Waals surface area contributed by atoms with E-state index in [0.717, 1.165) is 42.9 Å². The first-order valence-electron chi connectivity index (χ1n) is 9.65. The molecule has 0 radical (unpaired) electrons. The average molecular weight is 396 g/mol. The maximum atomic E-state index is 12.3. The van der Waals surface area contributed by atoms with E-state index in [9.17, 15) is 4.79 Å². The Hall–Kier alpha value is -2.56. The van der Waals surface area contributed by atoms with Crippen LogP contribution in [0.4, 0.5) is 0 Å². The average Bonchev–Trinajstić information content (AvgIpc) is 3.13. The first kappa shape index (κ1) is 18.8. The monoisotopic (exact) mass is 395 g/mol. The molecular weight excluding hydrogens is 372 g/mol. The van der Waals surface area contributed by atoms with Gasteiger partial charge < -0.3 is 15.0 Å². The van der Waals surface area contributed by atoms with Crippen molar-refractivity contribution in [2.75, 3.05) is 19.7 Å². The zero-order chi connectivity index (χ0) is 19.3. The van der Waals surface area contributed by atoms with Crippen LogP contribution in [0, 0.1) is 0 Å². The molecule has 2 aliphatic rings. The number of quaternary nitrogens is 1. The van der Waals surface area contributed by atoms with Crippen LogP contribution in [0.3, 0.4) is 0 Å². The summed E-state index contributed by atoms with van der Waals surface area (Å²) in [5.41, 5.74) is 3.23. The van der Waals surface area contributed by atoms with Gasteiger partial charge in [-0.25, -0.2) is 0 Å². The summed E-state index contributed by atoms with van der Waals surface area (Å²) >= 11 is 6.04. The van der Waals surface area contributed by atoms with Gasteiger partial charge >= 0.3 is 0 Å². The molecule has 2 aromatic carbocycles. The molecule has 0 aliphatic carbocycles. The quantitative estimate of drug-likeness (QED) is 0.764. The fraction of sp³-hybridized carbons (Fsp3) is 0.261. The highest BCUT2D eigenvalue weighted by atomic mass is 35.5. The van der Waals surface area contributed by atoms with E-state index >= 15 is 0 Å². The molecule has 0 aromatic heterocycles. The van der Waals surface area contributed by atoms with Crippen LogP contribution in [-0.2, 0) is 11.3 Å². The lowest BCUT2D eigenvalue weighted by atomic mass is 10.1. The van der Waals surface area contributed by atoms with E-state index in [4.69, 9.17) is 16.3 Å². The highest BCUT2D eigenvalue weighted by molar-refractivity contribution is 6.30. The van der Waals surface area contributed by atoms with Gasteiger partial charge in [0.05, 0.1) is 19.1 Å². The summed E-state index contributed by atoms with van der Waals surface area (Å²) in [5, 5.41) is 3.80. The molecule has 1 unspecified atom stereocenters. The second-order valence-corrected chi connectivity index (χ2v) is 7.82. The molecule has 28 heavy (non-hydrogen) atoms. The van der Waals surface area contributed by atoms with Crippen molar-refractivity contribution in [1.29, 1.82) is 0 Å². The maximum Gasteiger partial charge on any atom is 0.244 e. The Labute approximate surface area is 170 Å². The van der Waals surface area contributed by atoms with Crippen molar-refractivity contribution >= 4 is 23.6 Å². The number of ether oxygens (including phenoxy) is 1. The molecular formula is C23H24ClN2O2+. The third kappa shape index (κ3) is 4.83. The van der Waals surface area contributed by atoms with Crippen molar-refractivity contribution in [3.8, 4) is 5.75 Å². The molecule has 2 aliphatic heterocycles. The van der Waals surface area contributed by atoms with Gasteiger partial charge in [0, 0.05) is 28.6 Å². The molecule has 5 heteroatoms. The minimum absolute atomic E-state index is 0.0521. The molecule has 0 spiro atoms. The molecule has 2 atom stereocenters. The molecule has 2 heterocycles. The van der Waals surface area contributed by atoms with Crippen LogP contribution in [0.1, 0.15) is 17.5 Å². The van der Waals surface area contributed by atoms with E-state index in [1.807, 2.05) is 36.4 Å². The van der Waals surface area contributed by atoms with E-state index in [1.165, 1.54) is 10.5 Å². The lowest BCUT2D eigenvalue weighted by Crippen LogP contribution is -3.09. The summed E-state index contributed by atoms with van der Waals surface area (Å²) in [4.78, 5) is 13.8.